The fourth-order valence-corrected chi connectivity index (χ4v) is 1.48. The number of methoxy groups -OCH3 is 1. The topological polar surface area (TPSA) is 51.2 Å². The third-order valence-electron chi connectivity index (χ3n) is 2.21. The van der Waals surface area contributed by atoms with Gasteiger partial charge in [-0.25, -0.2) is 4.98 Å². The zero-order chi connectivity index (χ0) is 12.9. The molecule has 0 bridgehead atoms. The minimum absolute atomic E-state index is 0.00308. The Morgan fingerprint density at radius 2 is 2.18 bits per heavy atom. The van der Waals surface area contributed by atoms with Crippen LogP contribution in [0.4, 0.5) is 0 Å². The minimum atomic E-state index is 0.00308. The number of amides is 1. The van der Waals surface area contributed by atoms with Gasteiger partial charge in [0.05, 0.1) is 7.11 Å². The third-order valence-corrected chi connectivity index (χ3v) is 2.21. The lowest BCUT2D eigenvalue weighted by Crippen LogP contribution is -2.27. The van der Waals surface area contributed by atoms with Crippen LogP contribution in [0, 0.1) is 5.41 Å². The normalized spacial score (nSPS) is 11.1. The van der Waals surface area contributed by atoms with Crippen LogP contribution in [0.25, 0.3) is 0 Å². The highest BCUT2D eigenvalue weighted by Crippen LogP contribution is 2.18. The van der Waals surface area contributed by atoms with Gasteiger partial charge < -0.3 is 10.1 Å². The fraction of sp³-hybridized carbons (Fsp3) is 0.538. The van der Waals surface area contributed by atoms with E-state index >= 15 is 0 Å². The number of hydrogen-bond acceptors (Lipinski definition) is 3. The number of ether oxygens (including phenoxy) is 1. The SMILES string of the molecule is COc1ncccc1CNC(=O)CC(C)(C)C. The maximum absolute atomic E-state index is 11.7. The van der Waals surface area contributed by atoms with Crippen molar-refractivity contribution >= 4 is 5.91 Å². The van der Waals surface area contributed by atoms with Crippen molar-refractivity contribution < 1.29 is 9.53 Å². The molecule has 0 radical (unpaired) electrons. The van der Waals surface area contributed by atoms with E-state index in [9.17, 15) is 4.79 Å². The lowest BCUT2D eigenvalue weighted by atomic mass is 9.92. The predicted octanol–water partition coefficient (Wildman–Crippen LogP) is 2.14. The third kappa shape index (κ3) is 4.85. The van der Waals surface area contributed by atoms with Crippen molar-refractivity contribution in [2.24, 2.45) is 5.41 Å². The lowest BCUT2D eigenvalue weighted by Gasteiger charge is -2.17. The maximum atomic E-state index is 11.7. The Balaban J connectivity index is 2.53. The highest BCUT2D eigenvalue weighted by molar-refractivity contribution is 5.76. The average molecular weight is 236 g/mol. The van der Waals surface area contributed by atoms with Crippen LogP contribution in [-0.4, -0.2) is 18.0 Å². The Morgan fingerprint density at radius 1 is 1.47 bits per heavy atom. The van der Waals surface area contributed by atoms with Crippen LogP contribution in [-0.2, 0) is 11.3 Å². The monoisotopic (exact) mass is 236 g/mol. The summed E-state index contributed by atoms with van der Waals surface area (Å²) >= 11 is 0. The first-order valence-electron chi connectivity index (χ1n) is 5.67. The van der Waals surface area contributed by atoms with E-state index in [1.54, 1.807) is 13.3 Å². The first-order valence-corrected chi connectivity index (χ1v) is 5.67. The summed E-state index contributed by atoms with van der Waals surface area (Å²) in [6.45, 7) is 6.57. The minimum Gasteiger partial charge on any atom is -0.481 e. The number of hydrogen-bond donors (Lipinski definition) is 1. The molecule has 1 aromatic heterocycles. The summed E-state index contributed by atoms with van der Waals surface area (Å²) in [5.41, 5.74) is 0.889. The molecule has 0 unspecified atom stereocenters. The van der Waals surface area contributed by atoms with Crippen molar-refractivity contribution in [3.63, 3.8) is 0 Å². The summed E-state index contributed by atoms with van der Waals surface area (Å²) in [6, 6.07) is 3.72. The summed E-state index contributed by atoms with van der Waals surface area (Å²) in [4.78, 5) is 15.7. The standard InChI is InChI=1S/C13H20N2O2/c1-13(2,3)8-11(16)15-9-10-6-5-7-14-12(10)17-4/h5-7H,8-9H2,1-4H3,(H,15,16). The molecule has 0 aliphatic carbocycles. The van der Waals surface area contributed by atoms with Gasteiger partial charge in [0.1, 0.15) is 0 Å². The molecular formula is C13H20N2O2. The van der Waals surface area contributed by atoms with E-state index in [4.69, 9.17) is 4.74 Å². The zero-order valence-corrected chi connectivity index (χ0v) is 10.9. The van der Waals surface area contributed by atoms with Gasteiger partial charge in [-0.05, 0) is 11.5 Å². The van der Waals surface area contributed by atoms with Crippen molar-refractivity contribution in [3.8, 4) is 5.88 Å². The fourth-order valence-electron chi connectivity index (χ4n) is 1.48. The summed E-state index contributed by atoms with van der Waals surface area (Å²) in [6.07, 6.45) is 2.18. The Hall–Kier alpha value is -1.58. The molecule has 0 aromatic carbocycles. The van der Waals surface area contributed by atoms with Gasteiger partial charge in [0, 0.05) is 24.7 Å². The van der Waals surface area contributed by atoms with Gasteiger partial charge in [-0.1, -0.05) is 26.8 Å². The molecule has 17 heavy (non-hydrogen) atoms. The molecule has 0 aliphatic heterocycles. The van der Waals surface area contributed by atoms with Gasteiger partial charge >= 0.3 is 0 Å². The van der Waals surface area contributed by atoms with Crippen molar-refractivity contribution in [3.05, 3.63) is 23.9 Å². The first kappa shape index (κ1) is 13.5. The Morgan fingerprint density at radius 3 is 2.76 bits per heavy atom. The smallest absolute Gasteiger partial charge is 0.220 e. The van der Waals surface area contributed by atoms with Crippen LogP contribution >= 0.6 is 0 Å². The number of aromatic nitrogens is 1. The number of nitrogens with zero attached hydrogens (tertiary/aromatic N) is 1. The summed E-state index contributed by atoms with van der Waals surface area (Å²) in [5.74, 6) is 0.604. The Bertz CT molecular complexity index is 383. The molecule has 4 heteroatoms. The van der Waals surface area contributed by atoms with Gasteiger partial charge in [0.15, 0.2) is 0 Å². The van der Waals surface area contributed by atoms with Gasteiger partial charge in [-0.15, -0.1) is 0 Å². The Labute approximate surface area is 102 Å². The average Bonchev–Trinajstić information content (AvgIpc) is 2.24. The van der Waals surface area contributed by atoms with Crippen LogP contribution in [0.3, 0.4) is 0 Å². The molecule has 1 aromatic rings. The predicted molar refractivity (Wildman–Crippen MR) is 66.7 cm³/mol. The van der Waals surface area contributed by atoms with Crippen molar-refractivity contribution in [2.75, 3.05) is 7.11 Å². The maximum Gasteiger partial charge on any atom is 0.220 e. The molecule has 0 aliphatic rings. The molecule has 4 nitrogen and oxygen atoms in total. The molecule has 0 atom stereocenters. The highest BCUT2D eigenvalue weighted by atomic mass is 16.5. The largest absolute Gasteiger partial charge is 0.481 e. The second-order valence-electron chi connectivity index (χ2n) is 5.19. The van der Waals surface area contributed by atoms with E-state index < -0.39 is 0 Å². The summed E-state index contributed by atoms with van der Waals surface area (Å²) < 4.78 is 5.12. The van der Waals surface area contributed by atoms with Gasteiger partial charge in [-0.3, -0.25) is 4.79 Å². The van der Waals surface area contributed by atoms with E-state index in [0.29, 0.717) is 18.8 Å². The Kier molecular flexibility index (Phi) is 4.49. The van der Waals surface area contributed by atoms with Gasteiger partial charge in [-0.2, -0.15) is 0 Å². The van der Waals surface area contributed by atoms with E-state index in [1.807, 2.05) is 32.9 Å². The second kappa shape index (κ2) is 5.66. The van der Waals surface area contributed by atoms with Gasteiger partial charge in [0.25, 0.3) is 0 Å². The summed E-state index contributed by atoms with van der Waals surface area (Å²) in [5, 5.41) is 2.87. The van der Waals surface area contributed by atoms with Crippen LogP contribution in [0.5, 0.6) is 5.88 Å². The van der Waals surface area contributed by atoms with Crippen LogP contribution < -0.4 is 10.1 Å². The first-order chi connectivity index (χ1) is 7.92. The summed E-state index contributed by atoms with van der Waals surface area (Å²) in [7, 11) is 1.57. The molecule has 1 amide bonds. The molecule has 0 saturated heterocycles. The number of pyridine rings is 1. The van der Waals surface area contributed by atoms with Crippen LogP contribution in [0.2, 0.25) is 0 Å². The number of carbonyl (C=O) groups excluding carboxylic acids is 1. The van der Waals surface area contributed by atoms with E-state index in [2.05, 4.69) is 10.3 Å². The molecule has 0 saturated carbocycles. The van der Waals surface area contributed by atoms with E-state index in [0.717, 1.165) is 5.56 Å². The van der Waals surface area contributed by atoms with Crippen LogP contribution in [0.1, 0.15) is 32.8 Å². The van der Waals surface area contributed by atoms with Crippen molar-refractivity contribution in [2.45, 2.75) is 33.7 Å². The number of nitrogens with one attached hydrogen (secondary N) is 1. The van der Waals surface area contributed by atoms with E-state index in [-0.39, 0.29) is 11.3 Å². The molecule has 94 valence electrons. The lowest BCUT2D eigenvalue weighted by molar-refractivity contribution is -0.122. The van der Waals surface area contributed by atoms with Gasteiger partial charge in [0.2, 0.25) is 11.8 Å². The molecular weight excluding hydrogens is 216 g/mol. The van der Waals surface area contributed by atoms with Crippen molar-refractivity contribution in [1.82, 2.24) is 10.3 Å². The molecule has 0 fully saturated rings. The quantitative estimate of drug-likeness (QED) is 0.871. The highest BCUT2D eigenvalue weighted by Gasteiger charge is 2.15. The molecule has 1 N–H and O–H groups in total. The second-order valence-corrected chi connectivity index (χ2v) is 5.19. The number of rotatable bonds is 4. The molecule has 0 spiro atoms. The number of carbonyl (C=O) groups is 1. The zero-order valence-electron chi connectivity index (χ0n) is 10.9. The van der Waals surface area contributed by atoms with Crippen molar-refractivity contribution in [1.29, 1.82) is 0 Å². The van der Waals surface area contributed by atoms with E-state index in [1.165, 1.54) is 0 Å². The molecule has 1 rings (SSSR count). The van der Waals surface area contributed by atoms with Crippen LogP contribution in [0.15, 0.2) is 18.3 Å². The molecule has 1 heterocycles.